The summed E-state index contributed by atoms with van der Waals surface area (Å²) in [6.45, 7) is 6.87. The van der Waals surface area contributed by atoms with E-state index in [1.807, 2.05) is 20.8 Å². The maximum absolute atomic E-state index is 11.9. The van der Waals surface area contributed by atoms with E-state index < -0.39 is 5.60 Å². The van der Waals surface area contributed by atoms with E-state index >= 15 is 0 Å². The SMILES string of the molecule is Cn1nnc([C@H]2CCN(C(=O)OC(C)(C)C)C2)n1. The molecule has 0 saturated carbocycles. The van der Waals surface area contributed by atoms with Crippen molar-refractivity contribution < 1.29 is 9.53 Å². The van der Waals surface area contributed by atoms with Crippen LogP contribution in [0.15, 0.2) is 0 Å². The maximum atomic E-state index is 11.9. The van der Waals surface area contributed by atoms with E-state index in [9.17, 15) is 4.79 Å². The zero-order valence-corrected chi connectivity index (χ0v) is 11.3. The summed E-state index contributed by atoms with van der Waals surface area (Å²) in [6, 6.07) is 0. The van der Waals surface area contributed by atoms with Gasteiger partial charge in [-0.2, -0.15) is 4.80 Å². The van der Waals surface area contributed by atoms with Gasteiger partial charge in [-0.1, -0.05) is 0 Å². The van der Waals surface area contributed by atoms with Crippen molar-refractivity contribution in [2.75, 3.05) is 13.1 Å². The van der Waals surface area contributed by atoms with Crippen molar-refractivity contribution in [3.63, 3.8) is 0 Å². The third-order valence-corrected chi connectivity index (χ3v) is 2.73. The van der Waals surface area contributed by atoms with E-state index in [4.69, 9.17) is 4.74 Å². The average Bonchev–Trinajstić information content (AvgIpc) is 2.82. The number of amides is 1. The summed E-state index contributed by atoms with van der Waals surface area (Å²) in [5.41, 5.74) is -0.458. The van der Waals surface area contributed by atoms with Gasteiger partial charge in [-0.05, 0) is 32.4 Å². The predicted octanol–water partition coefficient (Wildman–Crippen LogP) is 0.934. The Morgan fingerprint density at radius 1 is 1.44 bits per heavy atom. The standard InChI is InChI=1S/C11H19N5O2/c1-11(2,3)18-10(17)16-6-5-8(7-16)9-12-14-15(4)13-9/h8H,5-7H2,1-4H3/t8-/m0/s1. The number of carbonyl (C=O) groups is 1. The molecule has 1 atom stereocenters. The number of carbonyl (C=O) groups excluding carboxylic acids is 1. The first-order chi connectivity index (χ1) is 8.35. The normalized spacial score (nSPS) is 20.2. The molecule has 0 spiro atoms. The van der Waals surface area contributed by atoms with E-state index in [1.54, 1.807) is 11.9 Å². The quantitative estimate of drug-likeness (QED) is 0.744. The van der Waals surface area contributed by atoms with E-state index in [0.717, 1.165) is 6.42 Å². The third kappa shape index (κ3) is 2.96. The molecule has 1 amide bonds. The van der Waals surface area contributed by atoms with Gasteiger partial charge < -0.3 is 9.64 Å². The lowest BCUT2D eigenvalue weighted by Gasteiger charge is -2.24. The zero-order chi connectivity index (χ0) is 13.3. The molecule has 7 nitrogen and oxygen atoms in total. The van der Waals surface area contributed by atoms with Gasteiger partial charge in [0.15, 0.2) is 5.82 Å². The smallest absolute Gasteiger partial charge is 0.410 e. The summed E-state index contributed by atoms with van der Waals surface area (Å²) in [6.07, 6.45) is 0.583. The molecule has 0 aromatic carbocycles. The summed E-state index contributed by atoms with van der Waals surface area (Å²) in [4.78, 5) is 15.0. The van der Waals surface area contributed by atoms with Crippen LogP contribution in [0, 0.1) is 0 Å². The number of tetrazole rings is 1. The molecule has 0 unspecified atom stereocenters. The second-order valence-electron chi connectivity index (χ2n) is 5.55. The Kier molecular flexibility index (Phi) is 3.23. The maximum Gasteiger partial charge on any atom is 0.410 e. The number of likely N-dealkylation sites (tertiary alicyclic amines) is 1. The molecule has 100 valence electrons. The number of aromatic nitrogens is 4. The number of nitrogens with zero attached hydrogens (tertiary/aromatic N) is 5. The molecule has 2 rings (SSSR count). The first-order valence-electron chi connectivity index (χ1n) is 6.07. The molecule has 0 aliphatic carbocycles. The van der Waals surface area contributed by atoms with Crippen LogP contribution >= 0.6 is 0 Å². The van der Waals surface area contributed by atoms with Crippen molar-refractivity contribution in [2.45, 2.75) is 38.7 Å². The van der Waals surface area contributed by atoms with Gasteiger partial charge in [0.25, 0.3) is 0 Å². The molecule has 1 fully saturated rings. The van der Waals surface area contributed by atoms with Crippen LogP contribution in [-0.4, -0.2) is 49.9 Å². The molecular weight excluding hydrogens is 234 g/mol. The summed E-state index contributed by atoms with van der Waals surface area (Å²) >= 11 is 0. The third-order valence-electron chi connectivity index (χ3n) is 2.73. The zero-order valence-electron chi connectivity index (χ0n) is 11.3. The van der Waals surface area contributed by atoms with Crippen molar-refractivity contribution >= 4 is 6.09 Å². The minimum absolute atomic E-state index is 0.159. The van der Waals surface area contributed by atoms with Crippen molar-refractivity contribution in [1.29, 1.82) is 0 Å². The molecule has 1 aromatic heterocycles. The van der Waals surface area contributed by atoms with Crippen LogP contribution in [-0.2, 0) is 11.8 Å². The van der Waals surface area contributed by atoms with Gasteiger partial charge in [0, 0.05) is 19.0 Å². The summed E-state index contributed by atoms with van der Waals surface area (Å²) < 4.78 is 5.34. The Balaban J connectivity index is 1.94. The molecular formula is C11H19N5O2. The number of hydrogen-bond donors (Lipinski definition) is 0. The summed E-state index contributed by atoms with van der Waals surface area (Å²) in [5, 5.41) is 12.0. The van der Waals surface area contributed by atoms with Crippen molar-refractivity contribution in [2.24, 2.45) is 7.05 Å². The Morgan fingerprint density at radius 2 is 2.17 bits per heavy atom. The van der Waals surface area contributed by atoms with E-state index in [1.165, 1.54) is 4.80 Å². The van der Waals surface area contributed by atoms with Gasteiger partial charge in [-0.15, -0.1) is 10.2 Å². The van der Waals surface area contributed by atoms with Crippen LogP contribution in [0.25, 0.3) is 0 Å². The lowest BCUT2D eigenvalue weighted by atomic mass is 10.1. The molecule has 0 bridgehead atoms. The molecule has 1 aromatic rings. The van der Waals surface area contributed by atoms with Crippen LogP contribution in [0.1, 0.15) is 38.9 Å². The topological polar surface area (TPSA) is 73.1 Å². The monoisotopic (exact) mass is 253 g/mol. The first-order valence-corrected chi connectivity index (χ1v) is 6.07. The second kappa shape index (κ2) is 4.55. The fourth-order valence-electron chi connectivity index (χ4n) is 1.93. The second-order valence-corrected chi connectivity index (χ2v) is 5.55. The Labute approximate surface area is 106 Å². The van der Waals surface area contributed by atoms with Gasteiger partial charge >= 0.3 is 6.09 Å². The molecule has 0 N–H and O–H groups in total. The largest absolute Gasteiger partial charge is 0.444 e. The van der Waals surface area contributed by atoms with Gasteiger partial charge in [-0.25, -0.2) is 4.79 Å². The van der Waals surface area contributed by atoms with E-state index in [2.05, 4.69) is 15.4 Å². The first kappa shape index (κ1) is 12.8. The highest BCUT2D eigenvalue weighted by Crippen LogP contribution is 2.25. The lowest BCUT2D eigenvalue weighted by Crippen LogP contribution is -2.35. The van der Waals surface area contributed by atoms with Crippen molar-refractivity contribution in [3.8, 4) is 0 Å². The Morgan fingerprint density at radius 3 is 2.72 bits per heavy atom. The fourth-order valence-corrected chi connectivity index (χ4v) is 1.93. The summed E-state index contributed by atoms with van der Waals surface area (Å²) in [7, 11) is 1.73. The average molecular weight is 253 g/mol. The molecule has 1 saturated heterocycles. The Hall–Kier alpha value is -1.66. The Bertz CT molecular complexity index is 437. The minimum atomic E-state index is -0.458. The fraction of sp³-hybridized carbons (Fsp3) is 0.818. The summed E-state index contributed by atoms with van der Waals surface area (Å²) in [5.74, 6) is 0.856. The highest BCUT2D eigenvalue weighted by atomic mass is 16.6. The van der Waals surface area contributed by atoms with Crippen LogP contribution < -0.4 is 0 Å². The van der Waals surface area contributed by atoms with Crippen LogP contribution in [0.5, 0.6) is 0 Å². The van der Waals surface area contributed by atoms with Gasteiger partial charge in [0.1, 0.15) is 5.60 Å². The highest BCUT2D eigenvalue weighted by molar-refractivity contribution is 5.68. The van der Waals surface area contributed by atoms with Gasteiger partial charge in [0.05, 0.1) is 7.05 Å². The number of ether oxygens (including phenoxy) is 1. The minimum Gasteiger partial charge on any atom is -0.444 e. The van der Waals surface area contributed by atoms with E-state index in [-0.39, 0.29) is 12.0 Å². The molecule has 7 heteroatoms. The molecule has 1 aliphatic heterocycles. The number of hydrogen-bond acceptors (Lipinski definition) is 5. The van der Waals surface area contributed by atoms with Crippen molar-refractivity contribution in [1.82, 2.24) is 25.1 Å². The number of aryl methyl sites for hydroxylation is 1. The van der Waals surface area contributed by atoms with Gasteiger partial charge in [-0.3, -0.25) is 0 Å². The van der Waals surface area contributed by atoms with Crippen LogP contribution in [0.4, 0.5) is 4.79 Å². The van der Waals surface area contributed by atoms with E-state index in [0.29, 0.717) is 18.9 Å². The molecule has 1 aliphatic rings. The van der Waals surface area contributed by atoms with Gasteiger partial charge in [0.2, 0.25) is 0 Å². The van der Waals surface area contributed by atoms with Crippen molar-refractivity contribution in [3.05, 3.63) is 5.82 Å². The van der Waals surface area contributed by atoms with Crippen LogP contribution in [0.2, 0.25) is 0 Å². The number of rotatable bonds is 1. The molecule has 2 heterocycles. The highest BCUT2D eigenvalue weighted by Gasteiger charge is 2.32. The predicted molar refractivity (Wildman–Crippen MR) is 64.0 cm³/mol. The molecule has 18 heavy (non-hydrogen) atoms. The lowest BCUT2D eigenvalue weighted by molar-refractivity contribution is 0.0292. The van der Waals surface area contributed by atoms with Crippen LogP contribution in [0.3, 0.4) is 0 Å². The molecule has 0 radical (unpaired) electrons.